The number of hydrogen-bond acceptors (Lipinski definition) is 2. The number of rotatable bonds is 6. The van der Waals surface area contributed by atoms with Crippen LogP contribution in [0.2, 0.25) is 0 Å². The molecule has 2 aromatic rings. The normalized spacial score (nSPS) is 17.7. The maximum atomic E-state index is 2.73. The third-order valence-corrected chi connectivity index (χ3v) is 5.69. The quantitative estimate of drug-likeness (QED) is 0.690. The Labute approximate surface area is 139 Å². The summed E-state index contributed by atoms with van der Waals surface area (Å²) in [7, 11) is 0. The molecule has 3 rings (SSSR count). The minimum Gasteiger partial charge on any atom is -0.300 e. The molecule has 1 aliphatic carbocycles. The van der Waals surface area contributed by atoms with Crippen LogP contribution in [0, 0.1) is 0 Å². The molecule has 22 heavy (non-hydrogen) atoms. The van der Waals surface area contributed by atoms with Crippen LogP contribution in [0.15, 0.2) is 35.7 Å². The summed E-state index contributed by atoms with van der Waals surface area (Å²) in [5.41, 5.74) is 4.67. The molecule has 0 bridgehead atoms. The van der Waals surface area contributed by atoms with Crippen molar-refractivity contribution < 1.29 is 0 Å². The molecule has 1 heterocycles. The van der Waals surface area contributed by atoms with E-state index in [-0.39, 0.29) is 0 Å². The molecule has 1 aliphatic rings. The molecule has 2 heteroatoms. The van der Waals surface area contributed by atoms with E-state index in [9.17, 15) is 0 Å². The van der Waals surface area contributed by atoms with E-state index in [1.165, 1.54) is 55.6 Å². The van der Waals surface area contributed by atoms with E-state index >= 15 is 0 Å². The van der Waals surface area contributed by atoms with Gasteiger partial charge < -0.3 is 4.90 Å². The standard InChI is InChI=1S/C20H27NS/c1-3-12-21(13-4-2)17-11-10-16-7-5-8-18(19(16)15-17)20-9-6-14-22-20/h5-9,14,17H,3-4,10-13,15H2,1-2H3/t17-/m0/s1. The first-order valence-electron chi connectivity index (χ1n) is 8.72. The maximum absolute atomic E-state index is 2.73. The average molecular weight is 314 g/mol. The van der Waals surface area contributed by atoms with Gasteiger partial charge in [-0.3, -0.25) is 0 Å². The van der Waals surface area contributed by atoms with Crippen LogP contribution in [-0.2, 0) is 12.8 Å². The molecule has 0 amide bonds. The Balaban J connectivity index is 1.88. The monoisotopic (exact) mass is 313 g/mol. The Morgan fingerprint density at radius 3 is 2.59 bits per heavy atom. The molecular weight excluding hydrogens is 286 g/mol. The van der Waals surface area contributed by atoms with Crippen LogP contribution in [0.1, 0.15) is 44.2 Å². The first-order valence-corrected chi connectivity index (χ1v) is 9.60. The Morgan fingerprint density at radius 1 is 1.09 bits per heavy atom. The van der Waals surface area contributed by atoms with Gasteiger partial charge in [0.2, 0.25) is 0 Å². The van der Waals surface area contributed by atoms with Crippen molar-refractivity contribution in [3.63, 3.8) is 0 Å². The zero-order valence-electron chi connectivity index (χ0n) is 13.8. The Morgan fingerprint density at radius 2 is 1.91 bits per heavy atom. The molecule has 0 aliphatic heterocycles. The van der Waals surface area contributed by atoms with Gasteiger partial charge in [-0.15, -0.1) is 11.3 Å². The van der Waals surface area contributed by atoms with Crippen LogP contribution in [0.4, 0.5) is 0 Å². The number of benzene rings is 1. The molecule has 0 unspecified atom stereocenters. The number of fused-ring (bicyclic) bond motifs is 1. The predicted molar refractivity (Wildman–Crippen MR) is 97.7 cm³/mol. The molecule has 1 nitrogen and oxygen atoms in total. The molecular formula is C20H27NS. The van der Waals surface area contributed by atoms with Crippen molar-refractivity contribution in [1.29, 1.82) is 0 Å². The van der Waals surface area contributed by atoms with Gasteiger partial charge in [0, 0.05) is 10.9 Å². The van der Waals surface area contributed by atoms with Gasteiger partial charge in [0.25, 0.3) is 0 Å². The molecule has 0 radical (unpaired) electrons. The van der Waals surface area contributed by atoms with Gasteiger partial charge in [-0.05, 0) is 73.3 Å². The van der Waals surface area contributed by atoms with E-state index in [2.05, 4.69) is 54.5 Å². The van der Waals surface area contributed by atoms with Crippen LogP contribution >= 0.6 is 11.3 Å². The van der Waals surface area contributed by atoms with Crippen molar-refractivity contribution in [3.05, 3.63) is 46.8 Å². The van der Waals surface area contributed by atoms with E-state index in [0.717, 1.165) is 6.04 Å². The average Bonchev–Trinajstić information content (AvgIpc) is 3.08. The summed E-state index contributed by atoms with van der Waals surface area (Å²) >= 11 is 1.87. The van der Waals surface area contributed by atoms with Gasteiger partial charge in [0.1, 0.15) is 0 Å². The highest BCUT2D eigenvalue weighted by Crippen LogP contribution is 2.35. The second-order valence-corrected chi connectivity index (χ2v) is 7.30. The minimum absolute atomic E-state index is 0.730. The van der Waals surface area contributed by atoms with Crippen molar-refractivity contribution in [1.82, 2.24) is 4.90 Å². The first-order chi connectivity index (χ1) is 10.8. The second kappa shape index (κ2) is 7.43. The number of aryl methyl sites for hydroxylation is 1. The fourth-order valence-corrected chi connectivity index (χ4v) is 4.57. The topological polar surface area (TPSA) is 3.24 Å². The molecule has 118 valence electrons. The van der Waals surface area contributed by atoms with Crippen LogP contribution < -0.4 is 0 Å². The third kappa shape index (κ3) is 3.28. The van der Waals surface area contributed by atoms with Crippen molar-refractivity contribution in [2.75, 3.05) is 13.1 Å². The number of hydrogen-bond donors (Lipinski definition) is 0. The largest absolute Gasteiger partial charge is 0.300 e. The SMILES string of the molecule is CCCN(CCC)[C@H]1CCc2cccc(-c3cccs3)c2C1. The summed E-state index contributed by atoms with van der Waals surface area (Å²) in [6.45, 7) is 7.09. The Bertz CT molecular complexity index is 582. The van der Waals surface area contributed by atoms with Crippen molar-refractivity contribution >= 4 is 11.3 Å². The molecule has 1 aromatic heterocycles. The molecule has 1 aromatic carbocycles. The molecule has 1 atom stereocenters. The van der Waals surface area contributed by atoms with E-state index in [4.69, 9.17) is 0 Å². The van der Waals surface area contributed by atoms with Crippen molar-refractivity contribution in [2.45, 2.75) is 52.0 Å². The summed E-state index contributed by atoms with van der Waals surface area (Å²) in [6, 6.07) is 12.1. The lowest BCUT2D eigenvalue weighted by molar-refractivity contribution is 0.180. The maximum Gasteiger partial charge on any atom is 0.0345 e. The lowest BCUT2D eigenvalue weighted by atomic mass is 9.84. The van der Waals surface area contributed by atoms with E-state index in [1.54, 1.807) is 11.1 Å². The fourth-order valence-electron chi connectivity index (χ4n) is 3.80. The fraction of sp³-hybridized carbons (Fsp3) is 0.500. The molecule has 0 saturated carbocycles. The van der Waals surface area contributed by atoms with E-state index in [1.807, 2.05) is 11.3 Å². The molecule has 0 spiro atoms. The van der Waals surface area contributed by atoms with Gasteiger partial charge in [-0.1, -0.05) is 38.1 Å². The van der Waals surface area contributed by atoms with Crippen LogP contribution in [-0.4, -0.2) is 24.0 Å². The summed E-state index contributed by atoms with van der Waals surface area (Å²) in [6.07, 6.45) is 6.30. The highest BCUT2D eigenvalue weighted by molar-refractivity contribution is 7.13. The Kier molecular flexibility index (Phi) is 5.32. The summed E-state index contributed by atoms with van der Waals surface area (Å²) in [5, 5.41) is 2.19. The van der Waals surface area contributed by atoms with Gasteiger partial charge in [0.05, 0.1) is 0 Å². The molecule has 0 fully saturated rings. The second-order valence-electron chi connectivity index (χ2n) is 6.35. The summed E-state index contributed by atoms with van der Waals surface area (Å²) in [5.74, 6) is 0. The highest BCUT2D eigenvalue weighted by atomic mass is 32.1. The van der Waals surface area contributed by atoms with E-state index in [0.29, 0.717) is 0 Å². The summed E-state index contributed by atoms with van der Waals surface area (Å²) < 4.78 is 0. The van der Waals surface area contributed by atoms with Gasteiger partial charge in [-0.25, -0.2) is 0 Å². The van der Waals surface area contributed by atoms with Gasteiger partial charge in [-0.2, -0.15) is 0 Å². The zero-order valence-corrected chi connectivity index (χ0v) is 14.7. The molecule has 0 saturated heterocycles. The lowest BCUT2D eigenvalue weighted by Gasteiger charge is -2.35. The Hall–Kier alpha value is -1.12. The highest BCUT2D eigenvalue weighted by Gasteiger charge is 2.25. The minimum atomic E-state index is 0.730. The van der Waals surface area contributed by atoms with E-state index < -0.39 is 0 Å². The van der Waals surface area contributed by atoms with Crippen LogP contribution in [0.25, 0.3) is 10.4 Å². The summed E-state index contributed by atoms with van der Waals surface area (Å²) in [4.78, 5) is 4.16. The van der Waals surface area contributed by atoms with Crippen LogP contribution in [0.3, 0.4) is 0 Å². The smallest absolute Gasteiger partial charge is 0.0345 e. The molecule has 0 N–H and O–H groups in total. The first kappa shape index (κ1) is 15.8. The number of nitrogens with zero attached hydrogens (tertiary/aromatic N) is 1. The van der Waals surface area contributed by atoms with Gasteiger partial charge >= 0.3 is 0 Å². The van der Waals surface area contributed by atoms with Crippen LogP contribution in [0.5, 0.6) is 0 Å². The third-order valence-electron chi connectivity index (χ3n) is 4.78. The van der Waals surface area contributed by atoms with Crippen molar-refractivity contribution in [2.24, 2.45) is 0 Å². The van der Waals surface area contributed by atoms with Crippen molar-refractivity contribution in [3.8, 4) is 10.4 Å². The number of thiophene rings is 1. The predicted octanol–water partition coefficient (Wildman–Crippen LogP) is 5.39. The zero-order chi connectivity index (χ0) is 15.4. The lowest BCUT2D eigenvalue weighted by Crippen LogP contribution is -2.40. The van der Waals surface area contributed by atoms with Gasteiger partial charge in [0.15, 0.2) is 0 Å².